The number of thiazole rings is 1. The zero-order valence-electron chi connectivity index (χ0n) is 12.6. The van der Waals surface area contributed by atoms with E-state index in [-0.39, 0.29) is 17.3 Å². The van der Waals surface area contributed by atoms with Crippen molar-refractivity contribution in [3.8, 4) is 0 Å². The maximum absolute atomic E-state index is 12.2. The number of carbonyl (C=O) groups excluding carboxylic acids is 1. The van der Waals surface area contributed by atoms with Crippen LogP contribution in [0.25, 0.3) is 0 Å². The number of aromatic nitrogens is 1. The van der Waals surface area contributed by atoms with Crippen molar-refractivity contribution in [2.24, 2.45) is 0 Å². The number of nitrogens with zero attached hydrogens (tertiary/aromatic N) is 1. The van der Waals surface area contributed by atoms with Gasteiger partial charge in [-0.25, -0.2) is 4.98 Å². The molecule has 0 radical (unpaired) electrons. The van der Waals surface area contributed by atoms with Gasteiger partial charge in [0.25, 0.3) is 5.91 Å². The van der Waals surface area contributed by atoms with Gasteiger partial charge in [0.2, 0.25) is 0 Å². The number of carbonyl (C=O) groups is 1. The molecule has 114 valence electrons. The maximum atomic E-state index is 12.2. The summed E-state index contributed by atoms with van der Waals surface area (Å²) >= 11 is 2.91. The molecule has 4 N–H and O–H groups in total. The zero-order chi connectivity index (χ0) is 15.6. The molecule has 2 aromatic heterocycles. The number of thiophene rings is 1. The van der Waals surface area contributed by atoms with Crippen LogP contribution in [0.2, 0.25) is 0 Å². The lowest BCUT2D eigenvalue weighted by Gasteiger charge is -2.19. The zero-order valence-corrected chi connectivity index (χ0v) is 14.2. The van der Waals surface area contributed by atoms with E-state index in [0.717, 1.165) is 5.56 Å². The van der Waals surface area contributed by atoms with Crippen molar-refractivity contribution < 1.29 is 4.79 Å². The minimum Gasteiger partial charge on any atom is -0.382 e. The van der Waals surface area contributed by atoms with E-state index in [4.69, 9.17) is 5.73 Å². The van der Waals surface area contributed by atoms with Crippen molar-refractivity contribution >= 4 is 39.5 Å². The molecule has 0 aromatic carbocycles. The lowest BCUT2D eigenvalue weighted by molar-refractivity contribution is 0.0955. The third-order valence-corrected chi connectivity index (χ3v) is 4.64. The molecule has 0 spiro atoms. The SMILES string of the molecule is Cc1cscc1CNC(=O)c1sc(NC(C)(C)C)nc1N. The number of nitrogens with one attached hydrogen (secondary N) is 2. The van der Waals surface area contributed by atoms with Gasteiger partial charge in [-0.15, -0.1) is 0 Å². The molecular weight excluding hydrogens is 304 g/mol. The summed E-state index contributed by atoms with van der Waals surface area (Å²) in [6.07, 6.45) is 0. The van der Waals surface area contributed by atoms with E-state index in [1.54, 1.807) is 11.3 Å². The third kappa shape index (κ3) is 4.18. The largest absolute Gasteiger partial charge is 0.382 e. The van der Waals surface area contributed by atoms with Crippen LogP contribution < -0.4 is 16.4 Å². The summed E-state index contributed by atoms with van der Waals surface area (Å²) in [5.41, 5.74) is 8.04. The first-order chi connectivity index (χ1) is 9.76. The molecule has 5 nitrogen and oxygen atoms in total. The van der Waals surface area contributed by atoms with E-state index in [9.17, 15) is 4.79 Å². The summed E-state index contributed by atoms with van der Waals surface area (Å²) in [4.78, 5) is 16.9. The van der Waals surface area contributed by atoms with E-state index in [0.29, 0.717) is 16.6 Å². The molecule has 0 saturated carbocycles. The monoisotopic (exact) mass is 324 g/mol. The quantitative estimate of drug-likeness (QED) is 0.806. The van der Waals surface area contributed by atoms with Gasteiger partial charge in [0.15, 0.2) is 5.13 Å². The van der Waals surface area contributed by atoms with Crippen LogP contribution in [0.1, 0.15) is 41.6 Å². The van der Waals surface area contributed by atoms with E-state index in [1.807, 2.05) is 33.1 Å². The normalized spacial score (nSPS) is 11.4. The highest BCUT2D eigenvalue weighted by Gasteiger charge is 2.19. The maximum Gasteiger partial charge on any atom is 0.265 e. The Labute approximate surface area is 132 Å². The lowest BCUT2D eigenvalue weighted by Crippen LogP contribution is -2.25. The Bertz CT molecular complexity index is 640. The van der Waals surface area contributed by atoms with Gasteiger partial charge in [-0.1, -0.05) is 11.3 Å². The van der Waals surface area contributed by atoms with E-state index in [1.165, 1.54) is 16.9 Å². The minimum atomic E-state index is -0.183. The number of anilines is 2. The Morgan fingerprint density at radius 1 is 1.38 bits per heavy atom. The first-order valence-electron chi connectivity index (χ1n) is 6.60. The molecule has 0 fully saturated rings. The molecule has 0 atom stereocenters. The Kier molecular flexibility index (Phi) is 4.53. The Morgan fingerprint density at radius 3 is 2.67 bits per heavy atom. The van der Waals surface area contributed by atoms with Gasteiger partial charge < -0.3 is 16.4 Å². The molecule has 2 rings (SSSR count). The van der Waals surface area contributed by atoms with E-state index >= 15 is 0 Å². The topological polar surface area (TPSA) is 80.0 Å². The molecule has 7 heteroatoms. The van der Waals surface area contributed by atoms with E-state index in [2.05, 4.69) is 21.0 Å². The third-order valence-electron chi connectivity index (χ3n) is 2.74. The van der Waals surface area contributed by atoms with Gasteiger partial charge in [-0.3, -0.25) is 4.79 Å². The van der Waals surface area contributed by atoms with Crippen LogP contribution in [0.3, 0.4) is 0 Å². The molecule has 0 bridgehead atoms. The molecule has 0 unspecified atom stereocenters. The number of aryl methyl sites for hydroxylation is 1. The van der Waals surface area contributed by atoms with Crippen molar-refractivity contribution in [1.29, 1.82) is 0 Å². The molecule has 0 saturated heterocycles. The van der Waals surface area contributed by atoms with Crippen LogP contribution in [0.4, 0.5) is 10.9 Å². The second-order valence-electron chi connectivity index (χ2n) is 5.87. The Hall–Kier alpha value is -1.60. The van der Waals surface area contributed by atoms with Gasteiger partial charge in [0, 0.05) is 12.1 Å². The van der Waals surface area contributed by atoms with Crippen LogP contribution in [-0.2, 0) is 6.54 Å². The Morgan fingerprint density at radius 2 is 2.10 bits per heavy atom. The van der Waals surface area contributed by atoms with Gasteiger partial charge in [0.05, 0.1) is 0 Å². The fourth-order valence-electron chi connectivity index (χ4n) is 1.69. The van der Waals surface area contributed by atoms with Crippen LogP contribution in [-0.4, -0.2) is 16.4 Å². The number of rotatable bonds is 4. The van der Waals surface area contributed by atoms with Crippen LogP contribution in [0, 0.1) is 6.92 Å². The smallest absolute Gasteiger partial charge is 0.265 e. The first kappa shape index (κ1) is 15.8. The van der Waals surface area contributed by atoms with Crippen molar-refractivity contribution in [2.45, 2.75) is 39.8 Å². The van der Waals surface area contributed by atoms with E-state index < -0.39 is 0 Å². The molecule has 1 amide bonds. The second kappa shape index (κ2) is 6.03. The van der Waals surface area contributed by atoms with Crippen molar-refractivity contribution in [3.63, 3.8) is 0 Å². The van der Waals surface area contributed by atoms with Gasteiger partial charge in [-0.05, 0) is 49.6 Å². The minimum absolute atomic E-state index is 0.119. The highest BCUT2D eigenvalue weighted by atomic mass is 32.1. The number of hydrogen-bond acceptors (Lipinski definition) is 6. The van der Waals surface area contributed by atoms with Crippen LogP contribution >= 0.6 is 22.7 Å². The molecule has 21 heavy (non-hydrogen) atoms. The number of amides is 1. The van der Waals surface area contributed by atoms with Gasteiger partial charge in [-0.2, -0.15) is 11.3 Å². The fourth-order valence-corrected chi connectivity index (χ4v) is 3.56. The summed E-state index contributed by atoms with van der Waals surface area (Å²) in [7, 11) is 0. The highest BCUT2D eigenvalue weighted by Crippen LogP contribution is 2.27. The molecule has 2 aromatic rings. The average molecular weight is 324 g/mol. The van der Waals surface area contributed by atoms with Crippen LogP contribution in [0.15, 0.2) is 10.8 Å². The summed E-state index contributed by atoms with van der Waals surface area (Å²) < 4.78 is 0. The highest BCUT2D eigenvalue weighted by molar-refractivity contribution is 7.18. The fraction of sp³-hybridized carbons (Fsp3) is 0.429. The second-order valence-corrected chi connectivity index (χ2v) is 7.61. The summed E-state index contributed by atoms with van der Waals surface area (Å²) in [6, 6.07) is 0. The standard InChI is InChI=1S/C14H20N4OS2/c1-8-6-20-7-9(8)5-16-12(19)10-11(15)17-13(21-10)18-14(2,3)4/h6-7H,5,15H2,1-4H3,(H,16,19)(H,17,18). The molecule has 2 heterocycles. The summed E-state index contributed by atoms with van der Waals surface area (Å²) in [5, 5.41) is 10.9. The van der Waals surface area contributed by atoms with Gasteiger partial charge >= 0.3 is 0 Å². The number of hydrogen-bond donors (Lipinski definition) is 3. The van der Waals surface area contributed by atoms with Gasteiger partial charge in [0.1, 0.15) is 10.7 Å². The van der Waals surface area contributed by atoms with Crippen molar-refractivity contribution in [3.05, 3.63) is 26.8 Å². The predicted molar refractivity (Wildman–Crippen MR) is 90.1 cm³/mol. The molecule has 0 aliphatic carbocycles. The summed E-state index contributed by atoms with van der Waals surface area (Å²) in [6.45, 7) is 8.63. The number of nitrogens with two attached hydrogens (primary N) is 1. The lowest BCUT2D eigenvalue weighted by atomic mass is 10.1. The molecule has 0 aliphatic rings. The number of nitrogen functional groups attached to an aromatic ring is 1. The first-order valence-corrected chi connectivity index (χ1v) is 8.36. The van der Waals surface area contributed by atoms with Crippen molar-refractivity contribution in [2.75, 3.05) is 11.1 Å². The average Bonchev–Trinajstić information content (AvgIpc) is 2.91. The van der Waals surface area contributed by atoms with Crippen molar-refractivity contribution in [1.82, 2.24) is 10.3 Å². The van der Waals surface area contributed by atoms with Crippen LogP contribution in [0.5, 0.6) is 0 Å². The Balaban J connectivity index is 2.04. The molecular formula is C14H20N4OS2. The predicted octanol–water partition coefficient (Wildman–Crippen LogP) is 3.24. The molecule has 0 aliphatic heterocycles. The summed E-state index contributed by atoms with van der Waals surface area (Å²) in [5.74, 6) is 0.0869.